The van der Waals surface area contributed by atoms with Gasteiger partial charge in [0.1, 0.15) is 5.56 Å². The number of carboxylic acid groups (broad SMARTS) is 1. The summed E-state index contributed by atoms with van der Waals surface area (Å²) < 4.78 is 0. The van der Waals surface area contributed by atoms with Crippen LogP contribution in [0.5, 0.6) is 0 Å². The third-order valence-corrected chi connectivity index (χ3v) is 3.23. The summed E-state index contributed by atoms with van der Waals surface area (Å²) >= 11 is 1.71. The molecule has 0 aliphatic rings. The van der Waals surface area contributed by atoms with Crippen LogP contribution in [0, 0.1) is 0 Å². The van der Waals surface area contributed by atoms with Crippen molar-refractivity contribution in [1.82, 2.24) is 4.98 Å². The molecule has 0 unspecified atom stereocenters. The maximum atomic E-state index is 11.2. The van der Waals surface area contributed by atoms with Crippen molar-refractivity contribution in [2.24, 2.45) is 0 Å². The molecule has 2 N–H and O–H groups in total. The van der Waals surface area contributed by atoms with E-state index in [0.717, 1.165) is 23.2 Å². The Morgan fingerprint density at radius 3 is 2.94 bits per heavy atom. The number of pyridine rings is 1. The molecule has 0 bridgehead atoms. The van der Waals surface area contributed by atoms with E-state index in [1.54, 1.807) is 11.8 Å². The first kappa shape index (κ1) is 12.7. The minimum atomic E-state index is -0.958. The number of carbonyl (C=O) groups is 1. The molecule has 4 nitrogen and oxygen atoms in total. The highest BCUT2D eigenvalue weighted by atomic mass is 32.2. The van der Waals surface area contributed by atoms with E-state index in [0.29, 0.717) is 5.69 Å². The molecule has 5 heteroatoms. The third kappa shape index (κ3) is 2.56. The number of nitrogens with one attached hydrogen (secondary N) is 1. The standard InChI is InChI=1S/C13H14N2O2S/c1-18-7-6-14-12-9-4-2-3-5-11(9)15-8-10(12)13(16)17/h2-5,8H,6-7H2,1H3,(H,14,15)(H,16,17). The van der Waals surface area contributed by atoms with Gasteiger partial charge in [0, 0.05) is 23.9 Å². The molecule has 0 radical (unpaired) electrons. The Morgan fingerprint density at radius 2 is 2.22 bits per heavy atom. The van der Waals surface area contributed by atoms with Crippen molar-refractivity contribution in [3.8, 4) is 0 Å². The molecule has 0 amide bonds. The van der Waals surface area contributed by atoms with Crippen LogP contribution in [0.25, 0.3) is 10.9 Å². The van der Waals surface area contributed by atoms with Crippen LogP contribution in [0.2, 0.25) is 0 Å². The molecular weight excluding hydrogens is 248 g/mol. The Balaban J connectivity index is 2.48. The predicted molar refractivity (Wildman–Crippen MR) is 75.6 cm³/mol. The number of aromatic nitrogens is 1. The van der Waals surface area contributed by atoms with E-state index in [4.69, 9.17) is 0 Å². The molecule has 0 aliphatic heterocycles. The fourth-order valence-corrected chi connectivity index (χ4v) is 2.08. The number of thioether (sulfide) groups is 1. The maximum absolute atomic E-state index is 11.2. The van der Waals surface area contributed by atoms with Crippen LogP contribution in [0.4, 0.5) is 5.69 Å². The van der Waals surface area contributed by atoms with E-state index in [-0.39, 0.29) is 5.56 Å². The number of nitrogens with zero attached hydrogens (tertiary/aromatic N) is 1. The van der Waals surface area contributed by atoms with Gasteiger partial charge in [-0.25, -0.2) is 4.79 Å². The van der Waals surface area contributed by atoms with Crippen molar-refractivity contribution in [2.45, 2.75) is 0 Å². The number of anilines is 1. The summed E-state index contributed by atoms with van der Waals surface area (Å²) in [5.74, 6) is -0.0321. The number of carboxylic acids is 1. The van der Waals surface area contributed by atoms with Crippen LogP contribution in [0.15, 0.2) is 30.5 Å². The first-order valence-corrected chi connectivity index (χ1v) is 6.97. The van der Waals surface area contributed by atoms with E-state index in [2.05, 4.69) is 10.3 Å². The summed E-state index contributed by atoms with van der Waals surface area (Å²) in [4.78, 5) is 15.4. The molecule has 18 heavy (non-hydrogen) atoms. The summed E-state index contributed by atoms with van der Waals surface area (Å²) in [5, 5.41) is 13.2. The summed E-state index contributed by atoms with van der Waals surface area (Å²) in [6, 6.07) is 7.54. The highest BCUT2D eigenvalue weighted by molar-refractivity contribution is 7.98. The Morgan fingerprint density at radius 1 is 1.44 bits per heavy atom. The second-order valence-electron chi connectivity index (χ2n) is 3.79. The average molecular weight is 262 g/mol. The number of rotatable bonds is 5. The number of hydrogen-bond acceptors (Lipinski definition) is 4. The summed E-state index contributed by atoms with van der Waals surface area (Å²) in [7, 11) is 0. The summed E-state index contributed by atoms with van der Waals surface area (Å²) in [6.07, 6.45) is 3.43. The topological polar surface area (TPSA) is 62.2 Å². The molecular formula is C13H14N2O2S. The van der Waals surface area contributed by atoms with Crippen LogP contribution in [0.1, 0.15) is 10.4 Å². The Labute approximate surface area is 109 Å². The van der Waals surface area contributed by atoms with E-state index < -0.39 is 5.97 Å². The second-order valence-corrected chi connectivity index (χ2v) is 4.77. The van der Waals surface area contributed by atoms with E-state index >= 15 is 0 Å². The number of para-hydroxylation sites is 1. The van der Waals surface area contributed by atoms with Crippen LogP contribution in [0.3, 0.4) is 0 Å². The fourth-order valence-electron chi connectivity index (χ4n) is 1.77. The highest BCUT2D eigenvalue weighted by Crippen LogP contribution is 2.25. The second kappa shape index (κ2) is 5.73. The monoisotopic (exact) mass is 262 g/mol. The van der Waals surface area contributed by atoms with Crippen LogP contribution in [-0.2, 0) is 0 Å². The lowest BCUT2D eigenvalue weighted by atomic mass is 10.1. The van der Waals surface area contributed by atoms with Crippen molar-refractivity contribution in [3.05, 3.63) is 36.0 Å². The van der Waals surface area contributed by atoms with E-state index in [9.17, 15) is 9.90 Å². The van der Waals surface area contributed by atoms with Crippen molar-refractivity contribution in [3.63, 3.8) is 0 Å². The van der Waals surface area contributed by atoms with Crippen LogP contribution >= 0.6 is 11.8 Å². The molecule has 1 aromatic heterocycles. The highest BCUT2D eigenvalue weighted by Gasteiger charge is 2.13. The Hall–Kier alpha value is -1.75. The molecule has 1 heterocycles. The summed E-state index contributed by atoms with van der Waals surface area (Å²) in [5.41, 5.74) is 1.67. The van der Waals surface area contributed by atoms with E-state index in [1.807, 2.05) is 30.5 Å². The van der Waals surface area contributed by atoms with Gasteiger partial charge in [-0.2, -0.15) is 11.8 Å². The van der Waals surface area contributed by atoms with Crippen molar-refractivity contribution >= 4 is 34.3 Å². The smallest absolute Gasteiger partial charge is 0.339 e. The lowest BCUT2D eigenvalue weighted by Gasteiger charge is -2.11. The van der Waals surface area contributed by atoms with Gasteiger partial charge in [-0.1, -0.05) is 18.2 Å². The van der Waals surface area contributed by atoms with Crippen LogP contribution in [-0.4, -0.2) is 34.6 Å². The van der Waals surface area contributed by atoms with Gasteiger partial charge in [-0.3, -0.25) is 4.98 Å². The van der Waals surface area contributed by atoms with Gasteiger partial charge in [-0.15, -0.1) is 0 Å². The van der Waals surface area contributed by atoms with Crippen molar-refractivity contribution in [1.29, 1.82) is 0 Å². The zero-order valence-electron chi connectivity index (χ0n) is 10.0. The van der Waals surface area contributed by atoms with Gasteiger partial charge < -0.3 is 10.4 Å². The SMILES string of the molecule is CSCCNc1c(C(=O)O)cnc2ccccc12. The zero-order valence-corrected chi connectivity index (χ0v) is 10.8. The number of fused-ring (bicyclic) bond motifs is 1. The Bertz CT molecular complexity index is 572. The quantitative estimate of drug-likeness (QED) is 0.811. The fraction of sp³-hybridized carbons (Fsp3) is 0.231. The molecule has 0 saturated carbocycles. The van der Waals surface area contributed by atoms with Gasteiger partial charge in [-0.05, 0) is 12.3 Å². The number of hydrogen-bond donors (Lipinski definition) is 2. The maximum Gasteiger partial charge on any atom is 0.339 e. The number of aromatic carboxylic acids is 1. The van der Waals surface area contributed by atoms with Crippen molar-refractivity contribution < 1.29 is 9.90 Å². The van der Waals surface area contributed by atoms with Crippen molar-refractivity contribution in [2.75, 3.05) is 23.9 Å². The lowest BCUT2D eigenvalue weighted by molar-refractivity contribution is 0.0697. The van der Waals surface area contributed by atoms with Gasteiger partial charge in [0.15, 0.2) is 0 Å². The first-order valence-electron chi connectivity index (χ1n) is 5.58. The molecule has 2 aromatic rings. The zero-order chi connectivity index (χ0) is 13.0. The molecule has 2 rings (SSSR count). The summed E-state index contributed by atoms with van der Waals surface area (Å²) in [6.45, 7) is 0.732. The Kier molecular flexibility index (Phi) is 4.04. The molecule has 0 aliphatic carbocycles. The van der Waals surface area contributed by atoms with Crippen LogP contribution < -0.4 is 5.32 Å². The van der Waals surface area contributed by atoms with Gasteiger partial charge >= 0.3 is 5.97 Å². The minimum Gasteiger partial charge on any atom is -0.478 e. The first-order chi connectivity index (χ1) is 8.74. The molecule has 0 atom stereocenters. The number of benzene rings is 1. The van der Waals surface area contributed by atoms with Gasteiger partial charge in [0.2, 0.25) is 0 Å². The molecule has 0 fully saturated rings. The normalized spacial score (nSPS) is 10.5. The molecule has 0 saturated heterocycles. The predicted octanol–water partition coefficient (Wildman–Crippen LogP) is 2.71. The van der Waals surface area contributed by atoms with E-state index in [1.165, 1.54) is 6.20 Å². The molecule has 94 valence electrons. The lowest BCUT2D eigenvalue weighted by Crippen LogP contribution is -2.10. The molecule has 0 spiro atoms. The molecule has 1 aromatic carbocycles. The van der Waals surface area contributed by atoms with Gasteiger partial charge in [0.05, 0.1) is 11.2 Å². The minimum absolute atomic E-state index is 0.217. The van der Waals surface area contributed by atoms with Gasteiger partial charge in [0.25, 0.3) is 0 Å². The largest absolute Gasteiger partial charge is 0.478 e. The average Bonchev–Trinajstić information content (AvgIpc) is 2.38. The third-order valence-electron chi connectivity index (χ3n) is 2.61.